The number of ether oxygens (including phenoxy) is 1. The second-order valence-corrected chi connectivity index (χ2v) is 7.09. The minimum atomic E-state index is -0.504. The molecular formula is C21H28N2O3. The number of phenolic OH excluding ortho intramolecular Hbond substituents is 1. The summed E-state index contributed by atoms with van der Waals surface area (Å²) in [6.07, 6.45) is -0.504. The summed E-state index contributed by atoms with van der Waals surface area (Å²) in [5.74, 6) is 1.11. The fourth-order valence-corrected chi connectivity index (χ4v) is 3.41. The average molecular weight is 356 g/mol. The largest absolute Gasteiger partial charge is 0.508 e. The summed E-state index contributed by atoms with van der Waals surface area (Å²) in [5.41, 5.74) is 3.46. The number of aliphatic hydroxyl groups excluding tert-OH is 1. The van der Waals surface area contributed by atoms with Gasteiger partial charge >= 0.3 is 0 Å². The molecule has 140 valence electrons. The quantitative estimate of drug-likeness (QED) is 0.833. The zero-order valence-corrected chi connectivity index (χ0v) is 15.6. The van der Waals surface area contributed by atoms with Crippen LogP contribution in [0.1, 0.15) is 11.1 Å². The zero-order chi connectivity index (χ0) is 18.5. The Bertz CT molecular complexity index is 689. The van der Waals surface area contributed by atoms with Crippen molar-refractivity contribution in [2.45, 2.75) is 20.0 Å². The highest BCUT2D eigenvalue weighted by molar-refractivity contribution is 5.49. The summed E-state index contributed by atoms with van der Waals surface area (Å²) in [5, 5.41) is 19.7. The number of nitrogens with zero attached hydrogens (tertiary/aromatic N) is 2. The molecule has 2 N–H and O–H groups in total. The van der Waals surface area contributed by atoms with Gasteiger partial charge in [-0.3, -0.25) is 4.90 Å². The minimum Gasteiger partial charge on any atom is -0.508 e. The average Bonchev–Trinajstić information content (AvgIpc) is 2.61. The van der Waals surface area contributed by atoms with Crippen LogP contribution in [0.15, 0.2) is 42.5 Å². The van der Waals surface area contributed by atoms with Gasteiger partial charge in [-0.05, 0) is 61.4 Å². The molecule has 1 heterocycles. The first-order chi connectivity index (χ1) is 12.5. The maximum Gasteiger partial charge on any atom is 0.119 e. The molecule has 1 aliphatic rings. The first kappa shape index (κ1) is 18.5. The van der Waals surface area contributed by atoms with E-state index in [0.29, 0.717) is 18.9 Å². The number of benzene rings is 2. The van der Waals surface area contributed by atoms with Crippen LogP contribution < -0.4 is 9.64 Å². The summed E-state index contributed by atoms with van der Waals surface area (Å²) in [6, 6.07) is 13.4. The van der Waals surface area contributed by atoms with Crippen molar-refractivity contribution < 1.29 is 14.9 Å². The van der Waals surface area contributed by atoms with Crippen molar-refractivity contribution in [2.24, 2.45) is 0 Å². The maximum atomic E-state index is 10.3. The molecule has 0 saturated carbocycles. The lowest BCUT2D eigenvalue weighted by atomic mass is 10.1. The molecule has 0 radical (unpaired) electrons. The Labute approximate surface area is 155 Å². The van der Waals surface area contributed by atoms with Gasteiger partial charge in [0.05, 0.1) is 0 Å². The van der Waals surface area contributed by atoms with Crippen LogP contribution in [-0.2, 0) is 0 Å². The Morgan fingerprint density at radius 1 is 0.962 bits per heavy atom. The van der Waals surface area contributed by atoms with E-state index in [1.54, 1.807) is 12.1 Å². The molecule has 1 saturated heterocycles. The summed E-state index contributed by atoms with van der Waals surface area (Å²) in [7, 11) is 0. The third kappa shape index (κ3) is 5.13. The standard InChI is InChI=1S/C21H28N2O3/c1-16-11-17(2)13-21(12-16)26-15-20(25)14-22-7-9-23(10-8-22)18-3-5-19(24)6-4-18/h3-6,11-13,20,24-25H,7-10,14-15H2,1-2H3. The predicted molar refractivity (Wildman–Crippen MR) is 104 cm³/mol. The number of aliphatic hydroxyl groups is 1. The van der Waals surface area contributed by atoms with Crippen molar-refractivity contribution in [3.8, 4) is 11.5 Å². The van der Waals surface area contributed by atoms with E-state index in [-0.39, 0.29) is 0 Å². The highest BCUT2D eigenvalue weighted by atomic mass is 16.5. The lowest BCUT2D eigenvalue weighted by molar-refractivity contribution is 0.0662. The predicted octanol–water partition coefficient (Wildman–Crippen LogP) is 2.57. The second-order valence-electron chi connectivity index (χ2n) is 7.09. The van der Waals surface area contributed by atoms with Crippen molar-refractivity contribution >= 4 is 5.69 Å². The maximum absolute atomic E-state index is 10.3. The number of hydrogen-bond acceptors (Lipinski definition) is 5. The van der Waals surface area contributed by atoms with Crippen LogP contribution in [0.3, 0.4) is 0 Å². The zero-order valence-electron chi connectivity index (χ0n) is 15.6. The number of piperazine rings is 1. The third-order valence-electron chi connectivity index (χ3n) is 4.69. The van der Waals surface area contributed by atoms with E-state index in [1.807, 2.05) is 38.1 Å². The molecule has 0 aromatic heterocycles. The summed E-state index contributed by atoms with van der Waals surface area (Å²) in [4.78, 5) is 4.57. The number of anilines is 1. The van der Waals surface area contributed by atoms with Crippen molar-refractivity contribution in [3.05, 3.63) is 53.6 Å². The first-order valence-electron chi connectivity index (χ1n) is 9.15. The molecule has 0 aliphatic carbocycles. The molecule has 5 nitrogen and oxygen atoms in total. The number of β-amino-alcohol motifs (C(OH)–C–C–N with tert-alkyl or cyclic N) is 1. The van der Waals surface area contributed by atoms with Crippen molar-refractivity contribution in [1.29, 1.82) is 0 Å². The Kier molecular flexibility index (Phi) is 6.01. The SMILES string of the molecule is Cc1cc(C)cc(OCC(O)CN2CCN(c3ccc(O)cc3)CC2)c1. The topological polar surface area (TPSA) is 56.2 Å². The van der Waals surface area contributed by atoms with Gasteiger partial charge in [-0.1, -0.05) is 6.07 Å². The van der Waals surface area contributed by atoms with Gasteiger partial charge in [0.25, 0.3) is 0 Å². The number of rotatable bonds is 6. The summed E-state index contributed by atoms with van der Waals surface area (Å²) in [6.45, 7) is 8.65. The van der Waals surface area contributed by atoms with Crippen molar-refractivity contribution in [1.82, 2.24) is 4.90 Å². The highest BCUT2D eigenvalue weighted by Crippen LogP contribution is 2.20. The van der Waals surface area contributed by atoms with Crippen molar-refractivity contribution in [3.63, 3.8) is 0 Å². The molecule has 26 heavy (non-hydrogen) atoms. The van der Waals surface area contributed by atoms with E-state index in [1.165, 1.54) is 11.1 Å². The number of phenols is 1. The molecule has 0 amide bonds. The summed E-state index contributed by atoms with van der Waals surface area (Å²) >= 11 is 0. The monoisotopic (exact) mass is 356 g/mol. The first-order valence-corrected chi connectivity index (χ1v) is 9.15. The Hall–Kier alpha value is -2.24. The Morgan fingerprint density at radius 3 is 2.19 bits per heavy atom. The smallest absolute Gasteiger partial charge is 0.119 e. The number of aryl methyl sites for hydroxylation is 2. The van der Waals surface area contributed by atoms with Gasteiger partial charge in [0.15, 0.2) is 0 Å². The van der Waals surface area contributed by atoms with Crippen LogP contribution in [0, 0.1) is 13.8 Å². The molecule has 1 fully saturated rings. The van der Waals surface area contributed by atoms with E-state index in [0.717, 1.165) is 37.6 Å². The molecule has 2 aromatic rings. The molecule has 0 bridgehead atoms. The molecule has 1 unspecified atom stereocenters. The van der Waals surface area contributed by atoms with Gasteiger partial charge in [-0.15, -0.1) is 0 Å². The number of aromatic hydroxyl groups is 1. The number of hydrogen-bond donors (Lipinski definition) is 2. The van der Waals surface area contributed by atoms with Gasteiger partial charge in [-0.2, -0.15) is 0 Å². The van der Waals surface area contributed by atoms with Crippen LogP contribution in [-0.4, -0.2) is 60.5 Å². The van der Waals surface area contributed by atoms with Crippen LogP contribution >= 0.6 is 0 Å². The van der Waals surface area contributed by atoms with Crippen molar-refractivity contribution in [2.75, 3.05) is 44.2 Å². The van der Waals surface area contributed by atoms with E-state index >= 15 is 0 Å². The Morgan fingerprint density at radius 2 is 1.58 bits per heavy atom. The molecule has 1 atom stereocenters. The van der Waals surface area contributed by atoms with Crippen LogP contribution in [0.5, 0.6) is 11.5 Å². The van der Waals surface area contributed by atoms with E-state index in [2.05, 4.69) is 15.9 Å². The van der Waals surface area contributed by atoms with Gasteiger partial charge in [-0.25, -0.2) is 0 Å². The van der Waals surface area contributed by atoms with Gasteiger partial charge in [0.1, 0.15) is 24.2 Å². The van der Waals surface area contributed by atoms with E-state index in [9.17, 15) is 10.2 Å². The van der Waals surface area contributed by atoms with Gasteiger partial charge in [0, 0.05) is 38.4 Å². The highest BCUT2D eigenvalue weighted by Gasteiger charge is 2.19. The Balaban J connectivity index is 1.43. The fourth-order valence-electron chi connectivity index (χ4n) is 3.41. The van der Waals surface area contributed by atoms with E-state index in [4.69, 9.17) is 4.74 Å². The lowest BCUT2D eigenvalue weighted by Crippen LogP contribution is -2.49. The van der Waals surface area contributed by atoms with Gasteiger partial charge < -0.3 is 19.8 Å². The van der Waals surface area contributed by atoms with Crippen LogP contribution in [0.2, 0.25) is 0 Å². The molecule has 3 rings (SSSR count). The fraction of sp³-hybridized carbons (Fsp3) is 0.429. The lowest BCUT2D eigenvalue weighted by Gasteiger charge is -2.36. The molecule has 2 aromatic carbocycles. The van der Waals surface area contributed by atoms with E-state index < -0.39 is 6.10 Å². The molecule has 1 aliphatic heterocycles. The summed E-state index contributed by atoms with van der Waals surface area (Å²) < 4.78 is 5.76. The molecular weight excluding hydrogens is 328 g/mol. The second kappa shape index (κ2) is 8.43. The normalized spacial score (nSPS) is 16.5. The molecule has 5 heteroatoms. The van der Waals surface area contributed by atoms with Crippen LogP contribution in [0.4, 0.5) is 5.69 Å². The molecule has 0 spiro atoms. The van der Waals surface area contributed by atoms with Crippen LogP contribution in [0.25, 0.3) is 0 Å². The van der Waals surface area contributed by atoms with Gasteiger partial charge in [0.2, 0.25) is 0 Å². The minimum absolute atomic E-state index is 0.291. The third-order valence-corrected chi connectivity index (χ3v) is 4.69.